The predicted octanol–water partition coefficient (Wildman–Crippen LogP) is 6.03. The number of benzene rings is 3. The van der Waals surface area contributed by atoms with Crippen molar-refractivity contribution in [1.82, 2.24) is 24.9 Å². The molecule has 6 rings (SSSR count). The fourth-order valence-corrected chi connectivity index (χ4v) is 4.30. The van der Waals surface area contributed by atoms with Gasteiger partial charge in [-0.25, -0.2) is 0 Å². The monoisotopic (exact) mass is 515 g/mol. The first-order chi connectivity index (χ1) is 18.9. The van der Waals surface area contributed by atoms with Gasteiger partial charge in [-0.3, -0.25) is 9.97 Å². The highest BCUT2D eigenvalue weighted by Crippen LogP contribution is 2.29. The van der Waals surface area contributed by atoms with Gasteiger partial charge in [0.05, 0.1) is 11.0 Å². The van der Waals surface area contributed by atoms with E-state index in [1.165, 1.54) is 0 Å². The van der Waals surface area contributed by atoms with Crippen molar-refractivity contribution in [3.63, 3.8) is 0 Å². The fraction of sp³-hybridized carbons (Fsp3) is 0.0690. The summed E-state index contributed by atoms with van der Waals surface area (Å²) in [5.74, 6) is 1.17. The topological polar surface area (TPSA) is 150 Å². The van der Waals surface area contributed by atoms with E-state index in [1.54, 1.807) is 0 Å². The number of fused-ring (bicyclic) bond motifs is 2. The third-order valence-corrected chi connectivity index (χ3v) is 6.02. The zero-order valence-corrected chi connectivity index (χ0v) is 21.3. The quantitative estimate of drug-likeness (QED) is 0.207. The maximum Gasteiger partial charge on any atom is 0.328 e. The Morgan fingerprint density at radius 1 is 0.590 bits per heavy atom. The Bertz CT molecular complexity index is 1730. The van der Waals surface area contributed by atoms with E-state index in [0.29, 0.717) is 17.1 Å². The number of nitrogens with zero attached hydrogens (tertiary/aromatic N) is 5. The van der Waals surface area contributed by atoms with Crippen molar-refractivity contribution in [2.45, 2.75) is 13.8 Å². The van der Waals surface area contributed by atoms with Crippen LogP contribution in [-0.2, 0) is 0 Å². The minimum atomic E-state index is 0.122. The third-order valence-electron chi connectivity index (χ3n) is 6.02. The van der Waals surface area contributed by atoms with Crippen molar-refractivity contribution < 1.29 is 4.74 Å². The molecule has 0 radical (unpaired) electrons. The van der Waals surface area contributed by atoms with Crippen molar-refractivity contribution in [2.75, 3.05) is 22.1 Å². The van der Waals surface area contributed by atoms with E-state index in [9.17, 15) is 0 Å². The molecule has 192 valence electrons. The van der Waals surface area contributed by atoms with Crippen LogP contribution in [-0.4, -0.2) is 24.9 Å². The van der Waals surface area contributed by atoms with Gasteiger partial charge in [-0.1, -0.05) is 18.2 Å². The lowest BCUT2D eigenvalue weighted by molar-refractivity contribution is 0.441. The molecule has 6 aromatic rings. The summed E-state index contributed by atoms with van der Waals surface area (Å²) in [5, 5.41) is 8.14. The highest BCUT2D eigenvalue weighted by atomic mass is 16.5. The largest absolute Gasteiger partial charge is 0.424 e. The summed E-state index contributed by atoms with van der Waals surface area (Å²) in [6.45, 7) is 3.83. The van der Waals surface area contributed by atoms with Crippen molar-refractivity contribution in [3.8, 4) is 11.8 Å². The molecule has 0 unspecified atom stereocenters. The molecular formula is C29H25N9O. The summed E-state index contributed by atoms with van der Waals surface area (Å²) < 4.78 is 5.94. The maximum atomic E-state index is 6.25. The van der Waals surface area contributed by atoms with Gasteiger partial charge in [0.2, 0.25) is 11.9 Å². The van der Waals surface area contributed by atoms with E-state index in [2.05, 4.69) is 35.6 Å². The van der Waals surface area contributed by atoms with Crippen LogP contribution >= 0.6 is 0 Å². The van der Waals surface area contributed by atoms with Crippen LogP contribution in [0.1, 0.15) is 11.4 Å². The van der Waals surface area contributed by atoms with Crippen LogP contribution in [0.15, 0.2) is 78.9 Å². The van der Waals surface area contributed by atoms with E-state index < -0.39 is 0 Å². The lowest BCUT2D eigenvalue weighted by Gasteiger charge is -2.12. The van der Waals surface area contributed by atoms with E-state index in [-0.39, 0.29) is 17.9 Å². The van der Waals surface area contributed by atoms with E-state index in [4.69, 9.17) is 16.2 Å². The van der Waals surface area contributed by atoms with Crippen LogP contribution in [0.2, 0.25) is 0 Å². The molecule has 0 fully saturated rings. The van der Waals surface area contributed by atoms with Crippen molar-refractivity contribution in [2.24, 2.45) is 0 Å². The van der Waals surface area contributed by atoms with Gasteiger partial charge < -0.3 is 26.8 Å². The zero-order valence-electron chi connectivity index (χ0n) is 21.3. The van der Waals surface area contributed by atoms with Gasteiger partial charge in [0.15, 0.2) is 0 Å². The number of hydrogen-bond acceptors (Lipinski definition) is 10. The Kier molecular flexibility index (Phi) is 5.96. The number of para-hydroxylation sites is 1. The SMILES string of the molecule is Cc1cc(N)c2cc(Nc3nc(Nc4ccc5nc(C)cc(N)c5c4)nc(Oc4ccccc4)n3)ccc2n1. The van der Waals surface area contributed by atoms with E-state index >= 15 is 0 Å². The first-order valence-electron chi connectivity index (χ1n) is 12.3. The molecule has 0 bridgehead atoms. The van der Waals surface area contributed by atoms with Gasteiger partial charge in [-0.05, 0) is 74.5 Å². The molecular weight excluding hydrogens is 490 g/mol. The van der Waals surface area contributed by atoms with Crippen molar-refractivity contribution in [1.29, 1.82) is 0 Å². The molecule has 10 heteroatoms. The molecule has 0 aliphatic carbocycles. The third kappa shape index (κ3) is 5.16. The molecule has 3 aromatic carbocycles. The standard InChI is InChI=1S/C29H25N9O/c1-16-12-23(30)21-14-18(8-10-25(21)32-16)34-27-36-28(38-29(37-27)39-20-6-4-3-5-7-20)35-19-9-11-26-22(15-19)24(31)13-17(2)33-26/h3-15H,1-2H3,(H2,30,32)(H2,31,33)(H2,34,35,36,37,38). The first kappa shape index (κ1) is 23.9. The molecule has 39 heavy (non-hydrogen) atoms. The molecule has 0 aliphatic rings. The number of pyridine rings is 2. The molecule has 0 aliphatic heterocycles. The second-order valence-corrected chi connectivity index (χ2v) is 9.10. The number of ether oxygens (including phenoxy) is 1. The maximum absolute atomic E-state index is 6.25. The van der Waals surface area contributed by atoms with Gasteiger partial charge in [0.25, 0.3) is 0 Å². The summed E-state index contributed by atoms with van der Waals surface area (Å²) in [6, 6.07) is 24.5. The van der Waals surface area contributed by atoms with Crippen LogP contribution in [0.4, 0.5) is 34.6 Å². The smallest absolute Gasteiger partial charge is 0.328 e. The summed E-state index contributed by atoms with van der Waals surface area (Å²) in [6.07, 6.45) is 0. The second-order valence-electron chi connectivity index (χ2n) is 9.10. The van der Waals surface area contributed by atoms with Crippen LogP contribution in [0.25, 0.3) is 21.8 Å². The number of nitrogens with one attached hydrogen (secondary N) is 2. The average molecular weight is 516 g/mol. The number of aryl methyl sites for hydroxylation is 2. The molecule has 3 heterocycles. The van der Waals surface area contributed by atoms with Crippen LogP contribution in [0.5, 0.6) is 11.8 Å². The minimum Gasteiger partial charge on any atom is -0.424 e. The number of aromatic nitrogens is 5. The van der Waals surface area contributed by atoms with Crippen molar-refractivity contribution in [3.05, 3.63) is 90.3 Å². The number of anilines is 6. The normalized spacial score (nSPS) is 11.0. The first-order valence-corrected chi connectivity index (χ1v) is 12.3. The number of nitrogen functional groups attached to an aromatic ring is 2. The van der Waals surface area contributed by atoms with Crippen molar-refractivity contribution >= 4 is 56.5 Å². The molecule has 0 spiro atoms. The van der Waals surface area contributed by atoms with Gasteiger partial charge in [-0.15, -0.1) is 0 Å². The van der Waals surface area contributed by atoms with Crippen LogP contribution < -0.4 is 26.8 Å². The predicted molar refractivity (Wildman–Crippen MR) is 155 cm³/mol. The molecule has 0 atom stereocenters. The zero-order chi connectivity index (χ0) is 26.9. The molecule has 3 aromatic heterocycles. The lowest BCUT2D eigenvalue weighted by atomic mass is 10.1. The summed E-state index contributed by atoms with van der Waals surface area (Å²) in [4.78, 5) is 22.6. The molecule has 0 saturated carbocycles. The molecule has 10 nitrogen and oxygen atoms in total. The Labute approximate surface area is 224 Å². The molecule has 0 amide bonds. The number of hydrogen-bond donors (Lipinski definition) is 4. The summed E-state index contributed by atoms with van der Waals surface area (Å²) in [5.41, 5.74) is 18.6. The van der Waals surface area contributed by atoms with Crippen LogP contribution in [0, 0.1) is 13.8 Å². The average Bonchev–Trinajstić information content (AvgIpc) is 2.90. The van der Waals surface area contributed by atoms with Gasteiger partial charge in [0.1, 0.15) is 5.75 Å². The van der Waals surface area contributed by atoms with E-state index in [1.807, 2.05) is 92.7 Å². The highest BCUT2D eigenvalue weighted by molar-refractivity contribution is 5.94. The Morgan fingerprint density at radius 3 is 1.62 bits per heavy atom. The summed E-state index contributed by atoms with van der Waals surface area (Å²) >= 11 is 0. The fourth-order valence-electron chi connectivity index (χ4n) is 4.30. The summed E-state index contributed by atoms with van der Waals surface area (Å²) in [7, 11) is 0. The van der Waals surface area contributed by atoms with E-state index in [0.717, 1.165) is 44.6 Å². The Hall–Kier alpha value is -5.51. The second kappa shape index (κ2) is 9.75. The Balaban J connectivity index is 1.36. The Morgan fingerprint density at radius 2 is 1.10 bits per heavy atom. The number of nitrogens with two attached hydrogens (primary N) is 2. The number of rotatable bonds is 6. The minimum absolute atomic E-state index is 0.122. The van der Waals surface area contributed by atoms with Gasteiger partial charge >= 0.3 is 6.01 Å². The molecule has 0 saturated heterocycles. The highest BCUT2D eigenvalue weighted by Gasteiger charge is 2.12. The van der Waals surface area contributed by atoms with Crippen LogP contribution in [0.3, 0.4) is 0 Å². The van der Waals surface area contributed by atoms with Gasteiger partial charge in [0, 0.05) is 44.9 Å². The van der Waals surface area contributed by atoms with Gasteiger partial charge in [-0.2, -0.15) is 15.0 Å². The lowest BCUT2D eigenvalue weighted by Crippen LogP contribution is -2.06. The molecule has 6 N–H and O–H groups in total.